The molecule has 0 unspecified atom stereocenters. The molecule has 0 fully saturated rings. The minimum Gasteiger partial charge on any atom is -0.460 e. The van der Waals surface area contributed by atoms with Crippen molar-refractivity contribution in [3.63, 3.8) is 0 Å². The Bertz CT molecular complexity index is 604. The van der Waals surface area contributed by atoms with Crippen LogP contribution < -0.4 is 4.74 Å². The molecule has 5 nitrogen and oxygen atoms in total. The van der Waals surface area contributed by atoms with Crippen LogP contribution in [-0.4, -0.2) is 31.8 Å². The zero-order chi connectivity index (χ0) is 15.8. The number of ether oxygens (including phenoxy) is 3. The number of benzene rings is 1. The molecule has 6 heteroatoms. The Hall–Kier alpha value is -2.18. The lowest BCUT2D eigenvalue weighted by molar-refractivity contribution is 0.0335. The van der Waals surface area contributed by atoms with Gasteiger partial charge in [0.05, 0.1) is 12.2 Å². The second-order valence-corrected chi connectivity index (χ2v) is 5.17. The van der Waals surface area contributed by atoms with Gasteiger partial charge in [0.15, 0.2) is 0 Å². The van der Waals surface area contributed by atoms with Gasteiger partial charge < -0.3 is 14.2 Å². The van der Waals surface area contributed by atoms with Crippen LogP contribution in [0.25, 0.3) is 0 Å². The van der Waals surface area contributed by atoms with Crippen molar-refractivity contribution in [2.24, 2.45) is 0 Å². The Kier molecular flexibility index (Phi) is 6.12. The molecule has 2 aromatic rings. The molecule has 0 spiro atoms. The minimum atomic E-state index is -0.434. The molecule has 0 bridgehead atoms. The van der Waals surface area contributed by atoms with Crippen LogP contribution in [0, 0.1) is 0 Å². The summed E-state index contributed by atoms with van der Waals surface area (Å²) in [6.07, 6.45) is 0. The molecule has 1 aromatic carbocycles. The molecule has 1 aromatic heterocycles. The fraction of sp³-hybridized carbons (Fsp3) is 0.250. The summed E-state index contributed by atoms with van der Waals surface area (Å²) in [5.74, 6) is -0.470. The molecule has 0 amide bonds. The summed E-state index contributed by atoms with van der Waals surface area (Å²) in [6, 6.07) is 9.70. The Morgan fingerprint density at radius 2 is 1.82 bits per heavy atom. The Balaban J connectivity index is 1.87. The zero-order valence-corrected chi connectivity index (χ0v) is 12.9. The quantitative estimate of drug-likeness (QED) is 0.445. The second-order valence-electron chi connectivity index (χ2n) is 4.22. The van der Waals surface area contributed by atoms with E-state index in [1.54, 1.807) is 41.8 Å². The highest BCUT2D eigenvalue weighted by Crippen LogP contribution is 2.17. The third-order valence-electron chi connectivity index (χ3n) is 2.69. The van der Waals surface area contributed by atoms with Gasteiger partial charge in [-0.15, -0.1) is 11.3 Å². The second kappa shape index (κ2) is 8.31. The van der Waals surface area contributed by atoms with Crippen LogP contribution in [0.2, 0.25) is 0 Å². The van der Waals surface area contributed by atoms with Gasteiger partial charge in [0, 0.05) is 6.61 Å². The van der Waals surface area contributed by atoms with E-state index in [2.05, 4.69) is 0 Å². The first kappa shape index (κ1) is 16.2. The van der Waals surface area contributed by atoms with Crippen molar-refractivity contribution in [1.82, 2.24) is 0 Å². The highest BCUT2D eigenvalue weighted by molar-refractivity contribution is 7.12. The molecule has 0 aliphatic carbocycles. The summed E-state index contributed by atoms with van der Waals surface area (Å²) >= 11 is 1.31. The van der Waals surface area contributed by atoms with Crippen molar-refractivity contribution < 1.29 is 23.8 Å². The highest BCUT2D eigenvalue weighted by Gasteiger charge is 2.11. The summed E-state index contributed by atoms with van der Waals surface area (Å²) in [6.45, 7) is 3.04. The van der Waals surface area contributed by atoms with E-state index in [1.807, 2.05) is 6.92 Å². The average Bonchev–Trinajstić information content (AvgIpc) is 3.06. The van der Waals surface area contributed by atoms with Gasteiger partial charge in [0.1, 0.15) is 17.2 Å². The van der Waals surface area contributed by atoms with Crippen LogP contribution in [-0.2, 0) is 9.47 Å². The molecular formula is C16H16O5S. The standard InChI is InChI=1S/C16H16O5S/c1-2-19-9-10-20-15(17)12-5-7-13(8-6-12)21-16(18)14-4-3-11-22-14/h3-8,11H,2,9-10H2,1H3. The van der Waals surface area contributed by atoms with E-state index in [1.165, 1.54) is 11.3 Å². The first-order valence-electron chi connectivity index (χ1n) is 6.81. The summed E-state index contributed by atoms with van der Waals surface area (Å²) in [7, 11) is 0. The average molecular weight is 320 g/mol. The van der Waals surface area contributed by atoms with Gasteiger partial charge in [-0.1, -0.05) is 6.07 Å². The molecule has 116 valence electrons. The van der Waals surface area contributed by atoms with Crippen LogP contribution in [0.4, 0.5) is 0 Å². The first-order chi connectivity index (χ1) is 10.7. The maximum absolute atomic E-state index is 11.8. The van der Waals surface area contributed by atoms with Crippen molar-refractivity contribution >= 4 is 23.3 Å². The van der Waals surface area contributed by atoms with Crippen molar-refractivity contribution in [3.05, 3.63) is 52.2 Å². The van der Waals surface area contributed by atoms with E-state index in [-0.39, 0.29) is 6.61 Å². The number of hydrogen-bond donors (Lipinski definition) is 0. The van der Waals surface area contributed by atoms with Crippen molar-refractivity contribution in [1.29, 1.82) is 0 Å². The SMILES string of the molecule is CCOCCOC(=O)c1ccc(OC(=O)c2cccs2)cc1. The molecule has 0 N–H and O–H groups in total. The normalized spacial score (nSPS) is 10.2. The fourth-order valence-electron chi connectivity index (χ4n) is 1.63. The smallest absolute Gasteiger partial charge is 0.353 e. The topological polar surface area (TPSA) is 61.8 Å². The Labute approximate surface area is 132 Å². The van der Waals surface area contributed by atoms with E-state index in [0.717, 1.165) is 0 Å². The minimum absolute atomic E-state index is 0.210. The van der Waals surface area contributed by atoms with E-state index < -0.39 is 11.9 Å². The van der Waals surface area contributed by atoms with Crippen LogP contribution >= 0.6 is 11.3 Å². The monoisotopic (exact) mass is 320 g/mol. The lowest BCUT2D eigenvalue weighted by Crippen LogP contribution is -2.11. The van der Waals surface area contributed by atoms with Crippen LogP contribution in [0.5, 0.6) is 5.75 Å². The first-order valence-corrected chi connectivity index (χ1v) is 7.69. The molecule has 0 aliphatic heterocycles. The number of hydrogen-bond acceptors (Lipinski definition) is 6. The van der Waals surface area contributed by atoms with Crippen molar-refractivity contribution in [3.8, 4) is 5.75 Å². The molecule has 1 heterocycles. The molecule has 0 atom stereocenters. The van der Waals surface area contributed by atoms with Crippen molar-refractivity contribution in [2.45, 2.75) is 6.92 Å². The number of carbonyl (C=O) groups excluding carboxylic acids is 2. The lowest BCUT2D eigenvalue weighted by atomic mass is 10.2. The fourth-order valence-corrected chi connectivity index (χ4v) is 2.23. The number of esters is 2. The third kappa shape index (κ3) is 4.68. The zero-order valence-electron chi connectivity index (χ0n) is 12.1. The molecule has 22 heavy (non-hydrogen) atoms. The van der Waals surface area contributed by atoms with Gasteiger partial charge in [-0.25, -0.2) is 9.59 Å². The van der Waals surface area contributed by atoms with Crippen molar-refractivity contribution in [2.75, 3.05) is 19.8 Å². The summed E-state index contributed by atoms with van der Waals surface area (Å²) < 4.78 is 15.3. The molecule has 2 rings (SSSR count). The maximum atomic E-state index is 11.8. The molecule has 0 aliphatic rings. The predicted molar refractivity (Wildman–Crippen MR) is 82.5 cm³/mol. The maximum Gasteiger partial charge on any atom is 0.353 e. The van der Waals surface area contributed by atoms with E-state index >= 15 is 0 Å². The number of thiophene rings is 1. The third-order valence-corrected chi connectivity index (χ3v) is 3.54. The molecular weight excluding hydrogens is 304 g/mol. The highest BCUT2D eigenvalue weighted by atomic mass is 32.1. The van der Waals surface area contributed by atoms with Crippen LogP contribution in [0.3, 0.4) is 0 Å². The summed E-state index contributed by atoms with van der Waals surface area (Å²) in [4.78, 5) is 24.1. The van der Waals surface area contributed by atoms with Gasteiger partial charge in [-0.05, 0) is 42.6 Å². The Morgan fingerprint density at radius 1 is 1.05 bits per heavy atom. The molecule has 0 saturated heterocycles. The molecule has 0 saturated carbocycles. The predicted octanol–water partition coefficient (Wildman–Crippen LogP) is 3.16. The van der Waals surface area contributed by atoms with Gasteiger partial charge in [0.25, 0.3) is 0 Å². The lowest BCUT2D eigenvalue weighted by Gasteiger charge is -2.06. The van der Waals surface area contributed by atoms with E-state index in [0.29, 0.717) is 29.4 Å². The largest absolute Gasteiger partial charge is 0.460 e. The summed E-state index contributed by atoms with van der Waals surface area (Å²) in [5, 5.41) is 1.80. The van der Waals surface area contributed by atoms with E-state index in [9.17, 15) is 9.59 Å². The van der Waals surface area contributed by atoms with Gasteiger partial charge in [-0.2, -0.15) is 0 Å². The van der Waals surface area contributed by atoms with Crippen LogP contribution in [0.1, 0.15) is 27.0 Å². The van der Waals surface area contributed by atoms with Gasteiger partial charge >= 0.3 is 11.9 Å². The van der Waals surface area contributed by atoms with Gasteiger partial charge in [0.2, 0.25) is 0 Å². The van der Waals surface area contributed by atoms with Gasteiger partial charge in [-0.3, -0.25) is 0 Å². The molecule has 0 radical (unpaired) electrons. The summed E-state index contributed by atoms with van der Waals surface area (Å²) in [5.41, 5.74) is 0.396. The number of rotatable bonds is 7. The Morgan fingerprint density at radius 3 is 2.45 bits per heavy atom. The number of carbonyl (C=O) groups is 2. The van der Waals surface area contributed by atoms with Crippen LogP contribution in [0.15, 0.2) is 41.8 Å². The van der Waals surface area contributed by atoms with E-state index in [4.69, 9.17) is 14.2 Å².